The van der Waals surface area contributed by atoms with E-state index in [4.69, 9.17) is 5.73 Å². The van der Waals surface area contributed by atoms with Gasteiger partial charge in [0.15, 0.2) is 11.6 Å². The van der Waals surface area contributed by atoms with Gasteiger partial charge in [0.1, 0.15) is 0 Å². The number of aromatic nitrogens is 2. The Morgan fingerprint density at radius 2 is 1.93 bits per heavy atom. The standard InChI is InChI=1S/C21H22F3N3O/c1-12-7-8-13(11-26-12)20-19(25)15-9-16(22)18(28-21(23)24)10-17(15)27(20)14-5-3-2-4-6-14/h7-11,14,21H,2-6,25H2,1H3. The second-order valence-electron chi connectivity index (χ2n) is 7.29. The summed E-state index contributed by atoms with van der Waals surface area (Å²) >= 11 is 0. The molecule has 2 aromatic heterocycles. The molecular weight excluding hydrogens is 367 g/mol. The molecule has 0 radical (unpaired) electrons. The lowest BCUT2D eigenvalue weighted by molar-refractivity contribution is -0.0520. The fraction of sp³-hybridized carbons (Fsp3) is 0.381. The van der Waals surface area contributed by atoms with Crippen molar-refractivity contribution in [1.82, 2.24) is 9.55 Å². The van der Waals surface area contributed by atoms with Crippen LogP contribution in [-0.4, -0.2) is 16.2 Å². The molecule has 0 unspecified atom stereocenters. The molecule has 4 nitrogen and oxygen atoms in total. The first kappa shape index (κ1) is 18.7. The number of benzene rings is 1. The summed E-state index contributed by atoms with van der Waals surface area (Å²) in [6, 6.07) is 6.51. The summed E-state index contributed by atoms with van der Waals surface area (Å²) in [4.78, 5) is 4.36. The maximum Gasteiger partial charge on any atom is 0.387 e. The first-order valence-electron chi connectivity index (χ1n) is 9.46. The number of hydrogen-bond donors (Lipinski definition) is 1. The Balaban J connectivity index is 1.98. The molecule has 0 amide bonds. The molecule has 0 bridgehead atoms. The van der Waals surface area contributed by atoms with E-state index in [0.29, 0.717) is 16.6 Å². The van der Waals surface area contributed by atoms with Crippen molar-refractivity contribution >= 4 is 16.6 Å². The molecular formula is C21H22F3N3O. The summed E-state index contributed by atoms with van der Waals surface area (Å²) in [6.07, 6.45) is 6.98. The van der Waals surface area contributed by atoms with Crippen molar-refractivity contribution in [2.45, 2.75) is 51.7 Å². The molecule has 0 spiro atoms. The maximum atomic E-state index is 14.4. The number of nitrogen functional groups attached to an aromatic ring is 1. The summed E-state index contributed by atoms with van der Waals surface area (Å²) in [5.74, 6) is -1.32. The van der Waals surface area contributed by atoms with E-state index in [1.54, 1.807) is 6.20 Å². The molecule has 7 heteroatoms. The first-order valence-corrected chi connectivity index (χ1v) is 9.46. The van der Waals surface area contributed by atoms with Crippen LogP contribution in [0.5, 0.6) is 5.75 Å². The number of ether oxygens (including phenoxy) is 1. The molecule has 2 heterocycles. The van der Waals surface area contributed by atoms with Crippen molar-refractivity contribution in [3.05, 3.63) is 42.0 Å². The average Bonchev–Trinajstić information content (AvgIpc) is 2.95. The molecule has 2 N–H and O–H groups in total. The lowest BCUT2D eigenvalue weighted by Gasteiger charge is -2.26. The normalized spacial score (nSPS) is 15.5. The molecule has 1 fully saturated rings. The van der Waals surface area contributed by atoms with Gasteiger partial charge >= 0.3 is 6.61 Å². The molecule has 1 aromatic carbocycles. The smallest absolute Gasteiger partial charge is 0.387 e. The van der Waals surface area contributed by atoms with Crippen molar-refractivity contribution in [2.24, 2.45) is 0 Å². The molecule has 3 aromatic rings. The zero-order valence-electron chi connectivity index (χ0n) is 15.6. The summed E-state index contributed by atoms with van der Waals surface area (Å²) < 4.78 is 46.2. The van der Waals surface area contributed by atoms with E-state index in [0.717, 1.165) is 42.6 Å². The summed E-state index contributed by atoms with van der Waals surface area (Å²) in [6.45, 7) is -1.20. The molecule has 1 aliphatic carbocycles. The van der Waals surface area contributed by atoms with E-state index in [1.165, 1.54) is 18.6 Å². The molecule has 4 rings (SSSR count). The van der Waals surface area contributed by atoms with Gasteiger partial charge in [0.25, 0.3) is 0 Å². The third-order valence-electron chi connectivity index (χ3n) is 5.44. The van der Waals surface area contributed by atoms with Crippen molar-refractivity contribution in [1.29, 1.82) is 0 Å². The van der Waals surface area contributed by atoms with Gasteiger partial charge in [-0.25, -0.2) is 4.39 Å². The Hall–Kier alpha value is -2.70. The Morgan fingerprint density at radius 3 is 2.57 bits per heavy atom. The predicted molar refractivity (Wildman–Crippen MR) is 103 cm³/mol. The molecule has 0 atom stereocenters. The lowest BCUT2D eigenvalue weighted by Crippen LogP contribution is -2.14. The van der Waals surface area contributed by atoms with Crippen molar-refractivity contribution < 1.29 is 17.9 Å². The van der Waals surface area contributed by atoms with E-state index in [1.807, 2.05) is 19.1 Å². The fourth-order valence-electron chi connectivity index (χ4n) is 4.14. The Kier molecular flexibility index (Phi) is 4.91. The van der Waals surface area contributed by atoms with Gasteiger partial charge in [-0.05, 0) is 38.0 Å². The predicted octanol–water partition coefficient (Wildman–Crippen LogP) is 5.84. The van der Waals surface area contributed by atoms with E-state index in [9.17, 15) is 13.2 Å². The van der Waals surface area contributed by atoms with Crippen LogP contribution in [0.15, 0.2) is 30.5 Å². The molecule has 0 aliphatic heterocycles. The number of rotatable bonds is 4. The molecule has 148 valence electrons. The zero-order chi connectivity index (χ0) is 19.8. The van der Waals surface area contributed by atoms with Crippen LogP contribution < -0.4 is 10.5 Å². The zero-order valence-corrected chi connectivity index (χ0v) is 15.6. The lowest BCUT2D eigenvalue weighted by atomic mass is 9.94. The Morgan fingerprint density at radius 1 is 1.18 bits per heavy atom. The number of pyridine rings is 1. The number of nitrogens with two attached hydrogens (primary N) is 1. The first-order chi connectivity index (χ1) is 13.5. The van der Waals surface area contributed by atoms with E-state index in [2.05, 4.69) is 14.3 Å². The number of anilines is 1. The van der Waals surface area contributed by atoms with Crippen molar-refractivity contribution in [2.75, 3.05) is 5.73 Å². The van der Waals surface area contributed by atoms with Gasteiger partial charge in [-0.1, -0.05) is 19.3 Å². The van der Waals surface area contributed by atoms with Crippen LogP contribution in [0.4, 0.5) is 18.9 Å². The van der Waals surface area contributed by atoms with Crippen LogP contribution in [0.3, 0.4) is 0 Å². The van der Waals surface area contributed by atoms with Gasteiger partial charge in [0.2, 0.25) is 0 Å². The number of fused-ring (bicyclic) bond motifs is 1. The van der Waals surface area contributed by atoms with Gasteiger partial charge in [-0.3, -0.25) is 4.98 Å². The highest BCUT2D eigenvalue weighted by molar-refractivity contribution is 6.01. The van der Waals surface area contributed by atoms with Crippen LogP contribution >= 0.6 is 0 Å². The van der Waals surface area contributed by atoms with Crippen LogP contribution in [0.25, 0.3) is 22.2 Å². The number of aryl methyl sites for hydroxylation is 1. The summed E-state index contributed by atoms with van der Waals surface area (Å²) in [7, 11) is 0. The van der Waals surface area contributed by atoms with Gasteiger partial charge in [0.05, 0.1) is 16.9 Å². The Bertz CT molecular complexity index is 993. The summed E-state index contributed by atoms with van der Waals surface area (Å²) in [5, 5.41) is 0.500. The number of alkyl halides is 2. The number of hydrogen-bond acceptors (Lipinski definition) is 3. The molecule has 1 saturated carbocycles. The average molecular weight is 389 g/mol. The second-order valence-corrected chi connectivity index (χ2v) is 7.29. The van der Waals surface area contributed by atoms with E-state index in [-0.39, 0.29) is 6.04 Å². The largest absolute Gasteiger partial charge is 0.432 e. The highest BCUT2D eigenvalue weighted by Crippen LogP contribution is 2.43. The van der Waals surface area contributed by atoms with Gasteiger partial charge < -0.3 is 15.0 Å². The quantitative estimate of drug-likeness (QED) is 0.610. The maximum absolute atomic E-state index is 14.4. The van der Waals surface area contributed by atoms with Crippen LogP contribution in [0, 0.1) is 12.7 Å². The van der Waals surface area contributed by atoms with Crippen LogP contribution in [0.2, 0.25) is 0 Å². The Labute approximate surface area is 161 Å². The van der Waals surface area contributed by atoms with Gasteiger partial charge in [0, 0.05) is 34.9 Å². The summed E-state index contributed by atoms with van der Waals surface area (Å²) in [5.41, 5.74) is 9.92. The van der Waals surface area contributed by atoms with E-state index >= 15 is 0 Å². The van der Waals surface area contributed by atoms with E-state index < -0.39 is 18.2 Å². The third-order valence-corrected chi connectivity index (χ3v) is 5.44. The highest BCUT2D eigenvalue weighted by atomic mass is 19.3. The molecule has 1 aliphatic rings. The minimum absolute atomic E-state index is 0.162. The number of halogens is 3. The topological polar surface area (TPSA) is 53.1 Å². The van der Waals surface area contributed by atoms with Gasteiger partial charge in [-0.15, -0.1) is 0 Å². The van der Waals surface area contributed by atoms with Crippen LogP contribution in [-0.2, 0) is 0 Å². The molecule has 0 saturated heterocycles. The second kappa shape index (κ2) is 7.37. The van der Waals surface area contributed by atoms with Gasteiger partial charge in [-0.2, -0.15) is 8.78 Å². The SMILES string of the molecule is Cc1ccc(-c2c(N)c3cc(F)c(OC(F)F)cc3n2C2CCCCC2)cn1. The van der Waals surface area contributed by atoms with Crippen molar-refractivity contribution in [3.63, 3.8) is 0 Å². The third kappa shape index (κ3) is 3.30. The molecule has 28 heavy (non-hydrogen) atoms. The van der Waals surface area contributed by atoms with Crippen molar-refractivity contribution in [3.8, 4) is 17.0 Å². The minimum atomic E-state index is -3.09. The highest BCUT2D eigenvalue weighted by Gasteiger charge is 2.26. The van der Waals surface area contributed by atoms with Crippen LogP contribution in [0.1, 0.15) is 43.8 Å². The fourth-order valence-corrected chi connectivity index (χ4v) is 4.14. The monoisotopic (exact) mass is 389 g/mol. The minimum Gasteiger partial charge on any atom is -0.432 e. The number of nitrogens with zero attached hydrogens (tertiary/aromatic N) is 2.